The molecular formula is C18H17NO4S. The molecule has 0 saturated carbocycles. The lowest BCUT2D eigenvalue weighted by Gasteiger charge is -2.09. The van der Waals surface area contributed by atoms with Gasteiger partial charge in [0.15, 0.2) is 0 Å². The molecule has 0 N–H and O–H groups in total. The van der Waals surface area contributed by atoms with Crippen molar-refractivity contribution in [3.05, 3.63) is 59.3 Å². The normalized spacial score (nSPS) is 10.8. The average Bonchev–Trinajstić information content (AvgIpc) is 3.24. The minimum Gasteiger partial charge on any atom is -0.491 e. The summed E-state index contributed by atoms with van der Waals surface area (Å²) in [7, 11) is 0. The Balaban J connectivity index is 1.57. The molecule has 3 aromatic rings. The molecule has 0 unspecified atom stereocenters. The second-order valence-corrected chi connectivity index (χ2v) is 6.34. The number of rotatable bonds is 6. The summed E-state index contributed by atoms with van der Waals surface area (Å²) in [6.45, 7) is 3.97. The van der Waals surface area contributed by atoms with Gasteiger partial charge in [-0.25, -0.2) is 9.78 Å². The number of hydrogen-bond donors (Lipinski definition) is 0. The van der Waals surface area contributed by atoms with E-state index >= 15 is 0 Å². The lowest BCUT2D eigenvalue weighted by Crippen LogP contribution is -2.07. The van der Waals surface area contributed by atoms with Gasteiger partial charge in [0, 0.05) is 0 Å². The molecule has 0 aliphatic heterocycles. The van der Waals surface area contributed by atoms with Gasteiger partial charge in [-0.05, 0) is 49.6 Å². The van der Waals surface area contributed by atoms with E-state index in [0.717, 1.165) is 10.6 Å². The van der Waals surface area contributed by atoms with Crippen LogP contribution in [-0.2, 0) is 11.3 Å². The van der Waals surface area contributed by atoms with E-state index in [1.54, 1.807) is 35.6 Å². The summed E-state index contributed by atoms with van der Waals surface area (Å²) >= 11 is 1.54. The molecule has 0 amide bonds. The summed E-state index contributed by atoms with van der Waals surface area (Å²) in [6, 6.07) is 10.7. The second kappa shape index (κ2) is 7.31. The zero-order valence-corrected chi connectivity index (χ0v) is 14.2. The average molecular weight is 343 g/mol. The molecule has 2 aromatic heterocycles. The first-order chi connectivity index (χ1) is 11.6. The van der Waals surface area contributed by atoms with Crippen LogP contribution >= 0.6 is 11.3 Å². The number of nitrogens with zero attached hydrogens (tertiary/aromatic N) is 1. The molecule has 0 bridgehead atoms. The lowest BCUT2D eigenvalue weighted by atomic mass is 10.2. The van der Waals surface area contributed by atoms with Gasteiger partial charge in [-0.1, -0.05) is 6.07 Å². The van der Waals surface area contributed by atoms with Crippen LogP contribution in [0.15, 0.2) is 52.5 Å². The fourth-order valence-corrected chi connectivity index (χ4v) is 2.71. The molecule has 0 aliphatic rings. The number of carbonyl (C=O) groups excluding carboxylic acids is 1. The highest BCUT2D eigenvalue weighted by molar-refractivity contribution is 7.13. The molecule has 1 aromatic carbocycles. The highest BCUT2D eigenvalue weighted by Gasteiger charge is 2.11. The van der Waals surface area contributed by atoms with Crippen LogP contribution in [0, 0.1) is 0 Å². The van der Waals surface area contributed by atoms with E-state index in [0.29, 0.717) is 17.1 Å². The summed E-state index contributed by atoms with van der Waals surface area (Å²) in [5.74, 6) is 0.844. The Morgan fingerprint density at radius 3 is 2.71 bits per heavy atom. The molecule has 0 spiro atoms. The van der Waals surface area contributed by atoms with Crippen molar-refractivity contribution in [1.29, 1.82) is 0 Å². The van der Waals surface area contributed by atoms with Crippen LogP contribution in [0.1, 0.15) is 29.9 Å². The predicted octanol–water partition coefficient (Wildman–Crippen LogP) is 4.55. The largest absolute Gasteiger partial charge is 0.491 e. The fourth-order valence-electron chi connectivity index (χ4n) is 2.05. The first-order valence-electron chi connectivity index (χ1n) is 7.54. The zero-order valence-electron chi connectivity index (χ0n) is 13.4. The fraction of sp³-hybridized carbons (Fsp3) is 0.222. The second-order valence-electron chi connectivity index (χ2n) is 5.39. The molecular weight excluding hydrogens is 326 g/mol. The number of oxazole rings is 1. The van der Waals surface area contributed by atoms with E-state index in [-0.39, 0.29) is 12.7 Å². The molecule has 2 heterocycles. The summed E-state index contributed by atoms with van der Waals surface area (Å²) < 4.78 is 16.2. The number of benzene rings is 1. The maximum Gasteiger partial charge on any atom is 0.338 e. The Morgan fingerprint density at radius 2 is 2.04 bits per heavy atom. The molecule has 3 rings (SSSR count). The minimum atomic E-state index is -0.410. The Kier molecular flexibility index (Phi) is 4.96. The molecule has 0 saturated heterocycles. The van der Waals surface area contributed by atoms with Gasteiger partial charge in [0.05, 0.1) is 16.5 Å². The highest BCUT2D eigenvalue weighted by Crippen LogP contribution is 2.24. The van der Waals surface area contributed by atoms with Crippen molar-refractivity contribution in [2.24, 2.45) is 0 Å². The zero-order chi connectivity index (χ0) is 16.9. The maximum atomic E-state index is 12.1. The van der Waals surface area contributed by atoms with Gasteiger partial charge in [-0.2, -0.15) is 0 Å². The van der Waals surface area contributed by atoms with E-state index < -0.39 is 5.97 Å². The third-order valence-electron chi connectivity index (χ3n) is 3.10. The summed E-state index contributed by atoms with van der Waals surface area (Å²) in [5.41, 5.74) is 1.04. The Labute approximate surface area is 143 Å². The van der Waals surface area contributed by atoms with Crippen molar-refractivity contribution < 1.29 is 18.7 Å². The quantitative estimate of drug-likeness (QED) is 0.615. The van der Waals surface area contributed by atoms with Crippen LogP contribution in [-0.4, -0.2) is 17.1 Å². The number of hydrogen-bond acceptors (Lipinski definition) is 6. The molecule has 0 radical (unpaired) electrons. The Morgan fingerprint density at radius 1 is 1.25 bits per heavy atom. The van der Waals surface area contributed by atoms with Gasteiger partial charge >= 0.3 is 5.97 Å². The third-order valence-corrected chi connectivity index (χ3v) is 3.95. The maximum absolute atomic E-state index is 12.1. The number of esters is 1. The Hall–Kier alpha value is -2.60. The summed E-state index contributed by atoms with van der Waals surface area (Å²) in [4.78, 5) is 17.3. The van der Waals surface area contributed by atoms with Crippen LogP contribution in [0.5, 0.6) is 5.75 Å². The van der Waals surface area contributed by atoms with Crippen LogP contribution in [0.2, 0.25) is 0 Å². The van der Waals surface area contributed by atoms with Gasteiger partial charge in [-0.15, -0.1) is 11.3 Å². The van der Waals surface area contributed by atoms with Crippen molar-refractivity contribution in [3.63, 3.8) is 0 Å². The van der Waals surface area contributed by atoms with E-state index in [4.69, 9.17) is 13.9 Å². The molecule has 0 fully saturated rings. The molecule has 0 atom stereocenters. The van der Waals surface area contributed by atoms with Gasteiger partial charge < -0.3 is 13.9 Å². The molecule has 124 valence electrons. The van der Waals surface area contributed by atoms with Crippen molar-refractivity contribution in [2.45, 2.75) is 26.6 Å². The van der Waals surface area contributed by atoms with Gasteiger partial charge in [0.1, 0.15) is 24.3 Å². The summed E-state index contributed by atoms with van der Waals surface area (Å²) in [5, 5.41) is 1.95. The molecule has 5 nitrogen and oxygen atoms in total. The van der Waals surface area contributed by atoms with Crippen LogP contribution in [0.4, 0.5) is 0 Å². The third kappa shape index (κ3) is 4.02. The molecule has 24 heavy (non-hydrogen) atoms. The number of aromatic nitrogens is 1. The highest BCUT2D eigenvalue weighted by atomic mass is 32.1. The topological polar surface area (TPSA) is 61.6 Å². The van der Waals surface area contributed by atoms with E-state index in [1.165, 1.54) is 6.26 Å². The summed E-state index contributed by atoms with van der Waals surface area (Å²) in [6.07, 6.45) is 1.59. The SMILES string of the molecule is CC(C)Oc1ccc(C(=O)OCc2coc(-c3cccs3)n2)cc1. The van der Waals surface area contributed by atoms with Crippen LogP contribution in [0.3, 0.4) is 0 Å². The van der Waals surface area contributed by atoms with Crippen LogP contribution < -0.4 is 4.74 Å². The van der Waals surface area contributed by atoms with Gasteiger partial charge in [0.2, 0.25) is 5.89 Å². The monoisotopic (exact) mass is 343 g/mol. The smallest absolute Gasteiger partial charge is 0.338 e. The van der Waals surface area contributed by atoms with Gasteiger partial charge in [0.25, 0.3) is 0 Å². The van der Waals surface area contributed by atoms with E-state index in [2.05, 4.69) is 4.98 Å². The van der Waals surface area contributed by atoms with E-state index in [9.17, 15) is 4.79 Å². The first-order valence-corrected chi connectivity index (χ1v) is 8.42. The van der Waals surface area contributed by atoms with Crippen molar-refractivity contribution in [1.82, 2.24) is 4.98 Å². The van der Waals surface area contributed by atoms with Crippen LogP contribution in [0.25, 0.3) is 10.8 Å². The van der Waals surface area contributed by atoms with E-state index in [1.807, 2.05) is 31.4 Å². The Bertz CT molecular complexity index is 791. The molecule has 6 heteroatoms. The number of thiophene rings is 1. The lowest BCUT2D eigenvalue weighted by molar-refractivity contribution is 0.0467. The minimum absolute atomic E-state index is 0.0674. The van der Waals surface area contributed by atoms with Crippen molar-refractivity contribution in [2.75, 3.05) is 0 Å². The van der Waals surface area contributed by atoms with Gasteiger partial charge in [-0.3, -0.25) is 0 Å². The number of carbonyl (C=O) groups is 1. The standard InChI is InChI=1S/C18H17NO4S/c1-12(2)23-15-7-5-13(6-8-15)18(20)22-11-14-10-21-17(19-14)16-4-3-9-24-16/h3-10,12H,11H2,1-2H3. The predicted molar refractivity (Wildman–Crippen MR) is 91.1 cm³/mol. The number of ether oxygens (including phenoxy) is 2. The first kappa shape index (κ1) is 16.3. The molecule has 0 aliphatic carbocycles. The van der Waals surface area contributed by atoms with Crippen molar-refractivity contribution in [3.8, 4) is 16.5 Å². The van der Waals surface area contributed by atoms with Crippen molar-refractivity contribution >= 4 is 17.3 Å².